The lowest BCUT2D eigenvalue weighted by atomic mass is 10.1. The highest BCUT2D eigenvalue weighted by Crippen LogP contribution is 2.23. The third-order valence-corrected chi connectivity index (χ3v) is 4.01. The molecule has 1 aliphatic heterocycles. The van der Waals surface area contributed by atoms with Crippen molar-refractivity contribution >= 4 is 0 Å². The summed E-state index contributed by atoms with van der Waals surface area (Å²) in [6.45, 7) is 7.89. The van der Waals surface area contributed by atoms with Crippen molar-refractivity contribution in [2.45, 2.75) is 39.2 Å². The lowest BCUT2D eigenvalue weighted by Gasteiger charge is -2.33. The van der Waals surface area contributed by atoms with Crippen LogP contribution in [0.5, 0.6) is 5.75 Å². The molecule has 0 saturated carbocycles. The topological polar surface area (TPSA) is 38.5 Å². The molecule has 1 unspecified atom stereocenters. The summed E-state index contributed by atoms with van der Waals surface area (Å²) in [4.78, 5) is 2.48. The average molecular weight is 262 g/mol. The van der Waals surface area contributed by atoms with Crippen LogP contribution < -0.4 is 10.5 Å². The quantitative estimate of drug-likeness (QED) is 0.886. The number of benzene rings is 1. The molecule has 1 aromatic rings. The van der Waals surface area contributed by atoms with Gasteiger partial charge in [-0.15, -0.1) is 0 Å². The lowest BCUT2D eigenvalue weighted by Crippen LogP contribution is -2.46. The van der Waals surface area contributed by atoms with Crippen molar-refractivity contribution in [1.82, 2.24) is 4.90 Å². The highest BCUT2D eigenvalue weighted by molar-refractivity contribution is 5.39. The maximum atomic E-state index is 6.05. The van der Waals surface area contributed by atoms with Crippen LogP contribution in [0, 0.1) is 13.8 Å². The van der Waals surface area contributed by atoms with E-state index in [-0.39, 0.29) is 0 Å². The van der Waals surface area contributed by atoms with Crippen LogP contribution in [0.1, 0.15) is 30.4 Å². The van der Waals surface area contributed by atoms with Gasteiger partial charge in [0.15, 0.2) is 0 Å². The summed E-state index contributed by atoms with van der Waals surface area (Å²) >= 11 is 0. The Morgan fingerprint density at radius 2 is 1.79 bits per heavy atom. The largest absolute Gasteiger partial charge is 0.491 e. The first-order valence-electron chi connectivity index (χ1n) is 7.35. The smallest absolute Gasteiger partial charge is 0.125 e. The van der Waals surface area contributed by atoms with Gasteiger partial charge in [0.1, 0.15) is 12.4 Å². The summed E-state index contributed by atoms with van der Waals surface area (Å²) in [5.41, 5.74) is 8.33. The first-order valence-corrected chi connectivity index (χ1v) is 7.35. The Kier molecular flexibility index (Phi) is 5.23. The molecule has 106 valence electrons. The first kappa shape index (κ1) is 14.4. The molecule has 1 aromatic carbocycles. The predicted molar refractivity (Wildman–Crippen MR) is 79.7 cm³/mol. The number of likely N-dealkylation sites (tertiary alicyclic amines) is 1. The van der Waals surface area contributed by atoms with Gasteiger partial charge in [-0.05, 0) is 50.9 Å². The first-order chi connectivity index (χ1) is 9.22. The van der Waals surface area contributed by atoms with Gasteiger partial charge in [0, 0.05) is 6.54 Å². The van der Waals surface area contributed by atoms with Gasteiger partial charge in [-0.25, -0.2) is 0 Å². The normalized spacial score (nSPS) is 18.3. The molecule has 1 heterocycles. The van der Waals surface area contributed by atoms with E-state index in [0.717, 1.165) is 18.8 Å². The predicted octanol–water partition coefficient (Wildman–Crippen LogP) is 2.50. The highest BCUT2D eigenvalue weighted by Gasteiger charge is 2.20. The second kappa shape index (κ2) is 6.92. The molecule has 1 fully saturated rings. The van der Waals surface area contributed by atoms with Crippen LogP contribution in [0.25, 0.3) is 0 Å². The second-order valence-corrected chi connectivity index (χ2v) is 5.52. The Morgan fingerprint density at radius 1 is 1.16 bits per heavy atom. The van der Waals surface area contributed by atoms with Gasteiger partial charge >= 0.3 is 0 Å². The fourth-order valence-corrected chi connectivity index (χ4v) is 2.81. The standard InChI is InChI=1S/C16H26N2O/c1-13-7-6-8-14(2)16(13)19-12-15(11-17)18-9-4-3-5-10-18/h6-8,15H,3-5,9-12,17H2,1-2H3. The van der Waals surface area contributed by atoms with Gasteiger partial charge in [0.25, 0.3) is 0 Å². The Balaban J connectivity index is 1.95. The van der Waals surface area contributed by atoms with Crippen LogP contribution in [0.15, 0.2) is 18.2 Å². The van der Waals surface area contributed by atoms with Crippen LogP contribution in [0.4, 0.5) is 0 Å². The van der Waals surface area contributed by atoms with Crippen LogP contribution in [-0.4, -0.2) is 37.2 Å². The molecule has 0 aromatic heterocycles. The van der Waals surface area contributed by atoms with Crippen molar-refractivity contribution in [3.05, 3.63) is 29.3 Å². The van der Waals surface area contributed by atoms with Crippen LogP contribution in [-0.2, 0) is 0 Å². The summed E-state index contributed by atoms with van der Waals surface area (Å²) in [5.74, 6) is 1.03. The minimum Gasteiger partial charge on any atom is -0.491 e. The van der Waals surface area contributed by atoms with Gasteiger partial charge in [0.2, 0.25) is 0 Å². The van der Waals surface area contributed by atoms with Gasteiger partial charge in [-0.3, -0.25) is 4.90 Å². The number of hydrogen-bond donors (Lipinski definition) is 1. The Hall–Kier alpha value is -1.06. The van der Waals surface area contributed by atoms with Crippen molar-refractivity contribution in [1.29, 1.82) is 0 Å². The molecule has 0 aliphatic carbocycles. The number of hydrogen-bond acceptors (Lipinski definition) is 3. The molecule has 3 heteroatoms. The number of piperidine rings is 1. The van der Waals surface area contributed by atoms with E-state index in [1.807, 2.05) is 0 Å². The van der Waals surface area contributed by atoms with E-state index in [2.05, 4.69) is 36.9 Å². The number of ether oxygens (including phenoxy) is 1. The molecule has 19 heavy (non-hydrogen) atoms. The van der Waals surface area contributed by atoms with E-state index in [1.165, 1.54) is 30.4 Å². The molecule has 1 aliphatic rings. The summed E-state index contributed by atoms with van der Waals surface area (Å²) in [5, 5.41) is 0. The zero-order chi connectivity index (χ0) is 13.7. The van der Waals surface area contributed by atoms with Crippen molar-refractivity contribution in [2.24, 2.45) is 5.73 Å². The lowest BCUT2D eigenvalue weighted by molar-refractivity contribution is 0.118. The Labute approximate surface area is 116 Å². The summed E-state index contributed by atoms with van der Waals surface area (Å²) in [6, 6.07) is 6.61. The molecule has 1 atom stereocenters. The van der Waals surface area contributed by atoms with E-state index >= 15 is 0 Å². The number of nitrogens with two attached hydrogens (primary N) is 1. The molecule has 0 bridgehead atoms. The van der Waals surface area contributed by atoms with E-state index in [9.17, 15) is 0 Å². The molecular weight excluding hydrogens is 236 g/mol. The summed E-state index contributed by atoms with van der Waals surface area (Å²) in [7, 11) is 0. The number of aryl methyl sites for hydroxylation is 2. The van der Waals surface area contributed by atoms with E-state index in [4.69, 9.17) is 10.5 Å². The van der Waals surface area contributed by atoms with Crippen molar-refractivity contribution < 1.29 is 4.74 Å². The maximum absolute atomic E-state index is 6.05. The molecule has 0 radical (unpaired) electrons. The Morgan fingerprint density at radius 3 is 2.37 bits per heavy atom. The van der Waals surface area contributed by atoms with Crippen molar-refractivity contribution in [3.63, 3.8) is 0 Å². The van der Waals surface area contributed by atoms with Gasteiger partial charge < -0.3 is 10.5 Å². The monoisotopic (exact) mass is 262 g/mol. The van der Waals surface area contributed by atoms with Crippen LogP contribution in [0.3, 0.4) is 0 Å². The van der Waals surface area contributed by atoms with E-state index in [0.29, 0.717) is 19.2 Å². The zero-order valence-corrected chi connectivity index (χ0v) is 12.2. The fourth-order valence-electron chi connectivity index (χ4n) is 2.81. The van der Waals surface area contributed by atoms with E-state index in [1.54, 1.807) is 0 Å². The van der Waals surface area contributed by atoms with Crippen LogP contribution >= 0.6 is 0 Å². The number of para-hydroxylation sites is 1. The average Bonchev–Trinajstić information content (AvgIpc) is 2.43. The van der Waals surface area contributed by atoms with Crippen LogP contribution in [0.2, 0.25) is 0 Å². The number of nitrogens with zero attached hydrogens (tertiary/aromatic N) is 1. The minimum absolute atomic E-state index is 0.347. The third kappa shape index (κ3) is 3.71. The molecule has 2 N–H and O–H groups in total. The molecular formula is C16H26N2O. The second-order valence-electron chi connectivity index (χ2n) is 5.52. The SMILES string of the molecule is Cc1cccc(C)c1OCC(CN)N1CCCCC1. The molecule has 3 nitrogen and oxygen atoms in total. The molecule has 0 amide bonds. The molecule has 1 saturated heterocycles. The van der Waals surface area contributed by atoms with Crippen molar-refractivity contribution in [2.75, 3.05) is 26.2 Å². The van der Waals surface area contributed by atoms with E-state index < -0.39 is 0 Å². The van der Waals surface area contributed by atoms with Gasteiger partial charge in [0.05, 0.1) is 6.04 Å². The highest BCUT2D eigenvalue weighted by atomic mass is 16.5. The molecule has 0 spiro atoms. The zero-order valence-electron chi connectivity index (χ0n) is 12.2. The summed E-state index contributed by atoms with van der Waals surface area (Å²) in [6.07, 6.45) is 3.94. The fraction of sp³-hybridized carbons (Fsp3) is 0.625. The van der Waals surface area contributed by atoms with Crippen molar-refractivity contribution in [3.8, 4) is 5.75 Å². The Bertz CT molecular complexity index is 379. The third-order valence-electron chi connectivity index (χ3n) is 4.01. The minimum atomic E-state index is 0.347. The van der Waals surface area contributed by atoms with Gasteiger partial charge in [-0.2, -0.15) is 0 Å². The number of rotatable bonds is 5. The summed E-state index contributed by atoms with van der Waals surface area (Å²) < 4.78 is 6.05. The van der Waals surface area contributed by atoms with Gasteiger partial charge in [-0.1, -0.05) is 24.6 Å². The maximum Gasteiger partial charge on any atom is 0.125 e. The molecule has 2 rings (SSSR count).